The number of aliphatic hydroxyl groups excluding tert-OH is 1. The molecule has 3 heteroatoms. The van der Waals surface area contributed by atoms with Gasteiger partial charge in [0.2, 0.25) is 5.88 Å². The average molecular weight is 207 g/mol. The van der Waals surface area contributed by atoms with Gasteiger partial charge in [-0.2, -0.15) is 0 Å². The SMILES string of the molecule is CC(C)Oc1ccc(C(O)C2CC2)cn1. The van der Waals surface area contributed by atoms with E-state index in [0.29, 0.717) is 11.8 Å². The summed E-state index contributed by atoms with van der Waals surface area (Å²) in [6.45, 7) is 3.93. The predicted octanol–water partition coefficient (Wildman–Crippen LogP) is 2.31. The van der Waals surface area contributed by atoms with E-state index in [4.69, 9.17) is 4.74 Å². The summed E-state index contributed by atoms with van der Waals surface area (Å²) in [5.74, 6) is 1.07. The lowest BCUT2D eigenvalue weighted by Crippen LogP contribution is -2.07. The fourth-order valence-electron chi connectivity index (χ4n) is 1.56. The Kier molecular flexibility index (Phi) is 2.91. The van der Waals surface area contributed by atoms with E-state index in [0.717, 1.165) is 18.4 Å². The van der Waals surface area contributed by atoms with E-state index in [1.54, 1.807) is 6.20 Å². The highest BCUT2D eigenvalue weighted by Gasteiger charge is 2.30. The molecular weight excluding hydrogens is 190 g/mol. The molecule has 1 saturated carbocycles. The van der Waals surface area contributed by atoms with Crippen molar-refractivity contribution in [3.63, 3.8) is 0 Å². The number of nitrogens with zero attached hydrogens (tertiary/aromatic N) is 1. The minimum absolute atomic E-state index is 0.136. The summed E-state index contributed by atoms with van der Waals surface area (Å²) in [7, 11) is 0. The normalized spacial score (nSPS) is 17.9. The van der Waals surface area contributed by atoms with Gasteiger partial charge in [-0.05, 0) is 44.2 Å². The maximum absolute atomic E-state index is 9.85. The molecule has 82 valence electrons. The van der Waals surface area contributed by atoms with Crippen LogP contribution in [0, 0.1) is 5.92 Å². The van der Waals surface area contributed by atoms with Gasteiger partial charge < -0.3 is 9.84 Å². The van der Waals surface area contributed by atoms with Crippen LogP contribution < -0.4 is 4.74 Å². The van der Waals surface area contributed by atoms with Gasteiger partial charge in [0, 0.05) is 12.3 Å². The van der Waals surface area contributed by atoms with Crippen LogP contribution in [0.1, 0.15) is 38.4 Å². The molecule has 0 spiro atoms. The van der Waals surface area contributed by atoms with Crippen molar-refractivity contribution < 1.29 is 9.84 Å². The lowest BCUT2D eigenvalue weighted by Gasteiger charge is -2.11. The molecule has 1 heterocycles. The molecule has 0 aromatic carbocycles. The lowest BCUT2D eigenvalue weighted by molar-refractivity contribution is 0.153. The van der Waals surface area contributed by atoms with Gasteiger partial charge in [-0.25, -0.2) is 4.98 Å². The maximum atomic E-state index is 9.85. The van der Waals surface area contributed by atoms with Crippen LogP contribution in [0.3, 0.4) is 0 Å². The molecule has 1 unspecified atom stereocenters. The lowest BCUT2D eigenvalue weighted by atomic mass is 10.1. The summed E-state index contributed by atoms with van der Waals surface area (Å²) in [4.78, 5) is 4.17. The van der Waals surface area contributed by atoms with Crippen molar-refractivity contribution in [2.45, 2.75) is 38.9 Å². The van der Waals surface area contributed by atoms with Crippen molar-refractivity contribution in [3.05, 3.63) is 23.9 Å². The zero-order valence-corrected chi connectivity index (χ0v) is 9.18. The molecule has 1 fully saturated rings. The molecule has 1 atom stereocenters. The van der Waals surface area contributed by atoms with Crippen molar-refractivity contribution in [2.75, 3.05) is 0 Å². The number of ether oxygens (including phenoxy) is 1. The second-order valence-corrected chi connectivity index (χ2v) is 4.38. The fraction of sp³-hybridized carbons (Fsp3) is 0.583. The molecule has 0 bridgehead atoms. The Morgan fingerprint density at radius 1 is 1.40 bits per heavy atom. The Bertz CT molecular complexity index is 317. The molecule has 0 radical (unpaired) electrons. The van der Waals surface area contributed by atoms with Crippen LogP contribution in [0.5, 0.6) is 5.88 Å². The monoisotopic (exact) mass is 207 g/mol. The summed E-state index contributed by atoms with van der Waals surface area (Å²) in [6, 6.07) is 3.72. The molecule has 1 aliphatic carbocycles. The Morgan fingerprint density at radius 3 is 2.60 bits per heavy atom. The Balaban J connectivity index is 2.02. The Hall–Kier alpha value is -1.09. The minimum atomic E-state index is -0.342. The standard InChI is InChI=1S/C12H17NO2/c1-8(2)15-11-6-5-10(7-13-11)12(14)9-3-4-9/h5-9,12,14H,3-4H2,1-2H3. The summed E-state index contributed by atoms with van der Waals surface area (Å²) < 4.78 is 5.43. The highest BCUT2D eigenvalue weighted by molar-refractivity contribution is 5.21. The van der Waals surface area contributed by atoms with Crippen LogP contribution in [0.25, 0.3) is 0 Å². The van der Waals surface area contributed by atoms with Crippen molar-refractivity contribution >= 4 is 0 Å². The summed E-state index contributed by atoms with van der Waals surface area (Å²) in [5, 5.41) is 9.85. The zero-order chi connectivity index (χ0) is 10.8. The number of aromatic nitrogens is 1. The minimum Gasteiger partial charge on any atom is -0.475 e. The van der Waals surface area contributed by atoms with Crippen LogP contribution in [-0.2, 0) is 0 Å². The van der Waals surface area contributed by atoms with E-state index in [1.807, 2.05) is 26.0 Å². The van der Waals surface area contributed by atoms with Gasteiger partial charge in [-0.3, -0.25) is 0 Å². The molecule has 1 aromatic rings. The summed E-state index contributed by atoms with van der Waals surface area (Å²) in [6.07, 6.45) is 3.76. The highest BCUT2D eigenvalue weighted by Crippen LogP contribution is 2.40. The molecule has 15 heavy (non-hydrogen) atoms. The smallest absolute Gasteiger partial charge is 0.213 e. The number of hydrogen-bond acceptors (Lipinski definition) is 3. The van der Waals surface area contributed by atoms with Crippen molar-refractivity contribution in [2.24, 2.45) is 5.92 Å². The third-order valence-electron chi connectivity index (χ3n) is 2.53. The van der Waals surface area contributed by atoms with Crippen LogP contribution in [-0.4, -0.2) is 16.2 Å². The van der Waals surface area contributed by atoms with Crippen molar-refractivity contribution in [1.29, 1.82) is 0 Å². The molecule has 1 N–H and O–H groups in total. The molecule has 0 saturated heterocycles. The summed E-state index contributed by atoms with van der Waals surface area (Å²) >= 11 is 0. The number of hydrogen-bond donors (Lipinski definition) is 1. The molecule has 0 aliphatic heterocycles. The Labute approximate surface area is 90.1 Å². The van der Waals surface area contributed by atoms with Crippen LogP contribution in [0.2, 0.25) is 0 Å². The third kappa shape index (κ3) is 2.69. The van der Waals surface area contributed by atoms with Gasteiger partial charge in [0.1, 0.15) is 0 Å². The van der Waals surface area contributed by atoms with E-state index in [2.05, 4.69) is 4.98 Å². The third-order valence-corrected chi connectivity index (χ3v) is 2.53. The first-order valence-corrected chi connectivity index (χ1v) is 5.47. The van der Waals surface area contributed by atoms with E-state index in [-0.39, 0.29) is 12.2 Å². The average Bonchev–Trinajstić information content (AvgIpc) is 3.00. The van der Waals surface area contributed by atoms with Crippen molar-refractivity contribution in [1.82, 2.24) is 4.98 Å². The van der Waals surface area contributed by atoms with Gasteiger partial charge in [0.05, 0.1) is 12.2 Å². The maximum Gasteiger partial charge on any atom is 0.213 e. The van der Waals surface area contributed by atoms with E-state index >= 15 is 0 Å². The van der Waals surface area contributed by atoms with E-state index < -0.39 is 0 Å². The number of rotatable bonds is 4. The molecule has 1 aromatic heterocycles. The molecule has 2 rings (SSSR count). The van der Waals surface area contributed by atoms with Crippen LogP contribution >= 0.6 is 0 Å². The molecule has 0 amide bonds. The van der Waals surface area contributed by atoms with Gasteiger partial charge in [0.25, 0.3) is 0 Å². The molecule has 1 aliphatic rings. The second-order valence-electron chi connectivity index (χ2n) is 4.38. The van der Waals surface area contributed by atoms with Gasteiger partial charge in [-0.1, -0.05) is 0 Å². The molecule has 3 nitrogen and oxygen atoms in total. The van der Waals surface area contributed by atoms with Crippen LogP contribution in [0.15, 0.2) is 18.3 Å². The summed E-state index contributed by atoms with van der Waals surface area (Å²) in [5.41, 5.74) is 0.897. The van der Waals surface area contributed by atoms with E-state index in [1.165, 1.54) is 0 Å². The topological polar surface area (TPSA) is 42.4 Å². The Morgan fingerprint density at radius 2 is 2.13 bits per heavy atom. The van der Waals surface area contributed by atoms with E-state index in [9.17, 15) is 5.11 Å². The quantitative estimate of drug-likeness (QED) is 0.823. The molecular formula is C12H17NO2. The van der Waals surface area contributed by atoms with Gasteiger partial charge in [-0.15, -0.1) is 0 Å². The fourth-order valence-corrected chi connectivity index (χ4v) is 1.56. The highest BCUT2D eigenvalue weighted by atomic mass is 16.5. The zero-order valence-electron chi connectivity index (χ0n) is 9.18. The first-order valence-electron chi connectivity index (χ1n) is 5.47. The predicted molar refractivity (Wildman–Crippen MR) is 57.7 cm³/mol. The first-order chi connectivity index (χ1) is 7.16. The number of aliphatic hydroxyl groups is 1. The van der Waals surface area contributed by atoms with Crippen LogP contribution in [0.4, 0.5) is 0 Å². The van der Waals surface area contributed by atoms with Crippen molar-refractivity contribution in [3.8, 4) is 5.88 Å². The largest absolute Gasteiger partial charge is 0.475 e. The first kappa shape index (κ1) is 10.4. The van der Waals surface area contributed by atoms with Gasteiger partial charge in [0.15, 0.2) is 0 Å². The number of pyridine rings is 1. The second kappa shape index (κ2) is 4.19. The van der Waals surface area contributed by atoms with Gasteiger partial charge >= 0.3 is 0 Å².